The van der Waals surface area contributed by atoms with Gasteiger partial charge in [-0.2, -0.15) is 0 Å². The van der Waals surface area contributed by atoms with Crippen molar-refractivity contribution in [3.8, 4) is 12.3 Å². The van der Waals surface area contributed by atoms with Crippen LogP contribution in [0.4, 0.5) is 0 Å². The van der Waals surface area contributed by atoms with Gasteiger partial charge in [-0.3, -0.25) is 0 Å². The third kappa shape index (κ3) is 1.70. The van der Waals surface area contributed by atoms with Gasteiger partial charge in [-0.1, -0.05) is 5.92 Å². The zero-order chi connectivity index (χ0) is 6.69. The highest BCUT2D eigenvalue weighted by atomic mass is 16.5. The molecule has 0 saturated carbocycles. The smallest absolute Gasteiger partial charge is 0.130 e. The van der Waals surface area contributed by atoms with E-state index >= 15 is 0 Å². The van der Waals surface area contributed by atoms with E-state index in [9.17, 15) is 0 Å². The Labute approximate surface area is 55.6 Å². The maximum atomic E-state index is 5.24. The molecule has 0 aromatic carbocycles. The first-order chi connectivity index (χ1) is 4.33. The average Bonchev–Trinajstić information content (AvgIpc) is 1.90. The van der Waals surface area contributed by atoms with Gasteiger partial charge in [-0.25, -0.2) is 0 Å². The molecular formula is C7H11NO. The van der Waals surface area contributed by atoms with E-state index < -0.39 is 0 Å². The van der Waals surface area contributed by atoms with Crippen LogP contribution >= 0.6 is 0 Å². The van der Waals surface area contributed by atoms with Crippen molar-refractivity contribution in [3.05, 3.63) is 0 Å². The second kappa shape index (κ2) is 2.86. The summed E-state index contributed by atoms with van der Waals surface area (Å²) in [6.45, 7) is 3.60. The van der Waals surface area contributed by atoms with Gasteiger partial charge in [0.15, 0.2) is 0 Å². The van der Waals surface area contributed by atoms with Gasteiger partial charge in [0, 0.05) is 12.6 Å². The van der Waals surface area contributed by atoms with Crippen LogP contribution in [0, 0.1) is 12.3 Å². The van der Waals surface area contributed by atoms with Crippen LogP contribution < -0.4 is 5.32 Å². The molecule has 50 valence electrons. The molecule has 0 aliphatic carbocycles. The molecule has 1 rings (SSSR count). The van der Waals surface area contributed by atoms with E-state index in [4.69, 9.17) is 11.2 Å². The maximum Gasteiger partial charge on any atom is 0.130 e. The highest BCUT2D eigenvalue weighted by Gasteiger charge is 2.14. The summed E-state index contributed by atoms with van der Waals surface area (Å²) in [4.78, 5) is 0. The zero-order valence-corrected chi connectivity index (χ0v) is 5.55. The highest BCUT2D eigenvalue weighted by Crippen LogP contribution is 1.97. The van der Waals surface area contributed by atoms with Crippen molar-refractivity contribution in [3.63, 3.8) is 0 Å². The normalized spacial score (nSPS) is 35.6. The predicted octanol–water partition coefficient (Wildman–Crippen LogP) is -0.00350. The highest BCUT2D eigenvalue weighted by molar-refractivity contribution is 4.97. The number of hydrogen-bond acceptors (Lipinski definition) is 2. The third-order valence-corrected chi connectivity index (χ3v) is 1.39. The number of nitrogens with one attached hydrogen (secondary N) is 1. The molecule has 1 fully saturated rings. The minimum Gasteiger partial charge on any atom is -0.363 e. The molecule has 1 aliphatic rings. The Morgan fingerprint density at radius 1 is 1.78 bits per heavy atom. The SMILES string of the molecule is C#C[C@H]1CN[C@H](C)CO1. The molecule has 2 nitrogen and oxygen atoms in total. The van der Waals surface area contributed by atoms with Crippen LogP contribution in [0.2, 0.25) is 0 Å². The maximum absolute atomic E-state index is 5.24. The minimum atomic E-state index is -0.0128. The van der Waals surface area contributed by atoms with Crippen LogP contribution in [-0.4, -0.2) is 25.3 Å². The number of hydrogen-bond donors (Lipinski definition) is 1. The van der Waals surface area contributed by atoms with Gasteiger partial charge >= 0.3 is 0 Å². The summed E-state index contributed by atoms with van der Waals surface area (Å²) in [6, 6.07) is 0.453. The fourth-order valence-corrected chi connectivity index (χ4v) is 0.794. The van der Waals surface area contributed by atoms with Crippen molar-refractivity contribution in [2.24, 2.45) is 0 Å². The molecule has 0 unspecified atom stereocenters. The second-order valence-corrected chi connectivity index (χ2v) is 2.30. The van der Waals surface area contributed by atoms with Crippen LogP contribution in [0.1, 0.15) is 6.92 Å². The number of rotatable bonds is 0. The fourth-order valence-electron chi connectivity index (χ4n) is 0.794. The van der Waals surface area contributed by atoms with Crippen molar-refractivity contribution in [2.45, 2.75) is 19.1 Å². The molecule has 1 saturated heterocycles. The topological polar surface area (TPSA) is 21.3 Å². The minimum absolute atomic E-state index is 0.0128. The van der Waals surface area contributed by atoms with Crippen LogP contribution in [0.15, 0.2) is 0 Å². The molecule has 1 N–H and O–H groups in total. The van der Waals surface area contributed by atoms with Crippen LogP contribution in [0.3, 0.4) is 0 Å². The zero-order valence-electron chi connectivity index (χ0n) is 5.55. The molecule has 0 radical (unpaired) electrons. The number of ether oxygens (including phenoxy) is 1. The van der Waals surface area contributed by atoms with Crippen LogP contribution in [0.5, 0.6) is 0 Å². The summed E-state index contributed by atoms with van der Waals surface area (Å²) in [7, 11) is 0. The summed E-state index contributed by atoms with van der Waals surface area (Å²) < 4.78 is 5.24. The van der Waals surface area contributed by atoms with Gasteiger partial charge in [0.1, 0.15) is 6.10 Å². The Morgan fingerprint density at radius 3 is 3.00 bits per heavy atom. The van der Waals surface area contributed by atoms with Gasteiger partial charge in [-0.05, 0) is 6.92 Å². The largest absolute Gasteiger partial charge is 0.363 e. The molecule has 0 bridgehead atoms. The van der Waals surface area contributed by atoms with Crippen molar-refractivity contribution >= 4 is 0 Å². The average molecular weight is 125 g/mol. The van der Waals surface area contributed by atoms with Crippen LogP contribution in [-0.2, 0) is 4.74 Å². The van der Waals surface area contributed by atoms with E-state index in [1.807, 2.05) is 0 Å². The van der Waals surface area contributed by atoms with Crippen molar-refractivity contribution in [1.82, 2.24) is 5.32 Å². The van der Waals surface area contributed by atoms with Gasteiger partial charge < -0.3 is 10.1 Å². The molecule has 0 aromatic heterocycles. The Hall–Kier alpha value is -0.520. The Balaban J connectivity index is 2.28. The number of morpholine rings is 1. The fraction of sp³-hybridized carbons (Fsp3) is 0.714. The lowest BCUT2D eigenvalue weighted by Crippen LogP contribution is -2.43. The van der Waals surface area contributed by atoms with E-state index in [0.717, 1.165) is 13.2 Å². The summed E-state index contributed by atoms with van der Waals surface area (Å²) in [5.74, 6) is 2.54. The van der Waals surface area contributed by atoms with E-state index in [2.05, 4.69) is 18.2 Å². The Morgan fingerprint density at radius 2 is 2.56 bits per heavy atom. The van der Waals surface area contributed by atoms with Crippen molar-refractivity contribution in [2.75, 3.05) is 13.2 Å². The molecule has 0 spiro atoms. The Kier molecular flexibility index (Phi) is 2.10. The summed E-state index contributed by atoms with van der Waals surface area (Å²) >= 11 is 0. The summed E-state index contributed by atoms with van der Waals surface area (Å²) in [6.07, 6.45) is 5.12. The van der Waals surface area contributed by atoms with E-state index in [1.54, 1.807) is 0 Å². The monoisotopic (exact) mass is 125 g/mol. The van der Waals surface area contributed by atoms with E-state index in [1.165, 1.54) is 0 Å². The lowest BCUT2D eigenvalue weighted by Gasteiger charge is -2.24. The lowest BCUT2D eigenvalue weighted by atomic mass is 10.2. The third-order valence-electron chi connectivity index (χ3n) is 1.39. The van der Waals surface area contributed by atoms with Crippen molar-refractivity contribution in [1.29, 1.82) is 0 Å². The van der Waals surface area contributed by atoms with Gasteiger partial charge in [0.2, 0.25) is 0 Å². The summed E-state index contributed by atoms with van der Waals surface area (Å²) in [5.41, 5.74) is 0. The molecule has 0 aromatic rings. The van der Waals surface area contributed by atoms with E-state index in [0.29, 0.717) is 6.04 Å². The molecule has 9 heavy (non-hydrogen) atoms. The lowest BCUT2D eigenvalue weighted by molar-refractivity contribution is 0.0419. The van der Waals surface area contributed by atoms with Gasteiger partial charge in [0.05, 0.1) is 6.61 Å². The van der Waals surface area contributed by atoms with Crippen molar-refractivity contribution < 1.29 is 4.74 Å². The molecule has 2 atom stereocenters. The molecular weight excluding hydrogens is 114 g/mol. The van der Waals surface area contributed by atoms with Crippen LogP contribution in [0.25, 0.3) is 0 Å². The Bertz CT molecular complexity index is 119. The summed E-state index contributed by atoms with van der Waals surface area (Å²) in [5, 5.41) is 3.22. The first kappa shape index (κ1) is 6.60. The van der Waals surface area contributed by atoms with Gasteiger partial charge in [0.25, 0.3) is 0 Å². The molecule has 1 heterocycles. The quantitative estimate of drug-likeness (QED) is 0.460. The first-order valence-corrected chi connectivity index (χ1v) is 3.14. The molecule has 2 heteroatoms. The number of terminal acetylenes is 1. The predicted molar refractivity (Wildman–Crippen MR) is 36.0 cm³/mol. The van der Waals surface area contributed by atoms with Gasteiger partial charge in [-0.15, -0.1) is 6.42 Å². The van der Waals surface area contributed by atoms with E-state index in [-0.39, 0.29) is 6.10 Å². The standard InChI is InChI=1S/C7H11NO/c1-3-7-4-8-6(2)5-9-7/h1,6-8H,4-5H2,2H3/t6-,7+/m1/s1. The first-order valence-electron chi connectivity index (χ1n) is 3.14. The molecule has 0 amide bonds. The molecule has 1 aliphatic heterocycles. The second-order valence-electron chi connectivity index (χ2n) is 2.30.